The number of pyridine rings is 1. The average Bonchev–Trinajstić information content (AvgIpc) is 3.44. The van der Waals surface area contributed by atoms with Crippen molar-refractivity contribution in [2.45, 2.75) is 18.2 Å². The lowest BCUT2D eigenvalue weighted by molar-refractivity contribution is -0.289. The Balaban J connectivity index is 1.91. The van der Waals surface area contributed by atoms with Crippen LogP contribution in [0.2, 0.25) is 5.15 Å². The Morgan fingerprint density at radius 2 is 2.00 bits per heavy atom. The van der Waals surface area contributed by atoms with Crippen LogP contribution in [-0.2, 0) is 10.7 Å². The van der Waals surface area contributed by atoms with Crippen molar-refractivity contribution < 1.29 is 36.2 Å². The molecule has 0 saturated carbocycles. The standard InChI is InChI=1S/C17H12ClF5N2O3/c18-14-11(2-1-5-24-14)15(26)25-9-3-4-13(28-8-10-7-27-10)12(6-9)16(19,20)17(21,22)23/h1-6,10H,7-8H2,(H,25,26)/t10-/m1/s1. The third kappa shape index (κ3) is 4.33. The minimum absolute atomic E-state index is 0.0699. The Kier molecular flexibility index (Phi) is 5.44. The van der Waals surface area contributed by atoms with E-state index in [9.17, 15) is 26.7 Å². The molecule has 1 fully saturated rings. The molecular formula is C17H12ClF5N2O3. The van der Waals surface area contributed by atoms with E-state index in [4.69, 9.17) is 21.1 Å². The highest BCUT2D eigenvalue weighted by molar-refractivity contribution is 6.33. The van der Waals surface area contributed by atoms with Gasteiger partial charge in [-0.3, -0.25) is 4.79 Å². The molecule has 0 spiro atoms. The van der Waals surface area contributed by atoms with Gasteiger partial charge in [-0.05, 0) is 30.3 Å². The van der Waals surface area contributed by atoms with E-state index in [1.807, 2.05) is 0 Å². The van der Waals surface area contributed by atoms with Crippen LogP contribution in [0.15, 0.2) is 36.5 Å². The van der Waals surface area contributed by atoms with Crippen LogP contribution < -0.4 is 10.1 Å². The van der Waals surface area contributed by atoms with E-state index in [1.54, 1.807) is 0 Å². The number of halogens is 6. The van der Waals surface area contributed by atoms with Gasteiger partial charge in [0.05, 0.1) is 17.7 Å². The Hall–Kier alpha value is -2.46. The molecule has 1 saturated heterocycles. The molecule has 5 nitrogen and oxygen atoms in total. The SMILES string of the molecule is O=C(Nc1ccc(OC[C@H]2CO2)c(C(F)(F)C(F)(F)F)c1)c1cccnc1Cl. The number of hydrogen-bond donors (Lipinski definition) is 1. The minimum Gasteiger partial charge on any atom is -0.490 e. The summed E-state index contributed by atoms with van der Waals surface area (Å²) in [6.07, 6.45) is -4.87. The third-order valence-electron chi connectivity index (χ3n) is 3.76. The molecule has 1 atom stereocenters. The number of benzene rings is 1. The Morgan fingerprint density at radius 3 is 2.61 bits per heavy atom. The molecule has 2 heterocycles. The number of rotatable bonds is 6. The Bertz CT molecular complexity index is 887. The van der Waals surface area contributed by atoms with Crippen molar-refractivity contribution in [2.75, 3.05) is 18.5 Å². The van der Waals surface area contributed by atoms with Crippen molar-refractivity contribution in [3.63, 3.8) is 0 Å². The molecule has 1 aromatic heterocycles. The molecule has 150 valence electrons. The van der Waals surface area contributed by atoms with Crippen LogP contribution in [0.3, 0.4) is 0 Å². The zero-order chi connectivity index (χ0) is 20.5. The summed E-state index contributed by atoms with van der Waals surface area (Å²) in [6, 6.07) is 5.32. The first-order valence-electron chi connectivity index (χ1n) is 7.85. The fourth-order valence-electron chi connectivity index (χ4n) is 2.23. The van der Waals surface area contributed by atoms with E-state index in [2.05, 4.69) is 10.3 Å². The number of anilines is 1. The zero-order valence-electron chi connectivity index (χ0n) is 13.9. The molecule has 1 aromatic carbocycles. The molecule has 0 radical (unpaired) electrons. The second-order valence-corrected chi connectivity index (χ2v) is 6.20. The van der Waals surface area contributed by atoms with E-state index in [0.717, 1.165) is 12.1 Å². The quantitative estimate of drug-likeness (QED) is 0.425. The fraction of sp³-hybridized carbons (Fsp3) is 0.294. The topological polar surface area (TPSA) is 63.8 Å². The van der Waals surface area contributed by atoms with Gasteiger partial charge in [0.2, 0.25) is 0 Å². The van der Waals surface area contributed by atoms with Crippen LogP contribution in [0.1, 0.15) is 15.9 Å². The Labute approximate surface area is 160 Å². The summed E-state index contributed by atoms with van der Waals surface area (Å²) in [5.74, 6) is -6.67. The summed E-state index contributed by atoms with van der Waals surface area (Å²) >= 11 is 5.78. The second kappa shape index (κ2) is 7.51. The number of carbonyl (C=O) groups excluding carboxylic acids is 1. The maximum atomic E-state index is 14.0. The number of amides is 1. The predicted molar refractivity (Wildman–Crippen MR) is 88.8 cm³/mol. The highest BCUT2D eigenvalue weighted by atomic mass is 35.5. The summed E-state index contributed by atoms with van der Waals surface area (Å²) < 4.78 is 76.5. The average molecular weight is 423 g/mol. The maximum Gasteiger partial charge on any atom is 0.458 e. The van der Waals surface area contributed by atoms with Crippen LogP contribution in [-0.4, -0.2) is 36.4 Å². The van der Waals surface area contributed by atoms with Crippen LogP contribution in [0.5, 0.6) is 5.75 Å². The number of epoxide rings is 1. The highest BCUT2D eigenvalue weighted by Crippen LogP contribution is 2.48. The largest absolute Gasteiger partial charge is 0.490 e. The fourth-order valence-corrected chi connectivity index (χ4v) is 2.44. The van der Waals surface area contributed by atoms with Gasteiger partial charge in [0.1, 0.15) is 23.6 Å². The molecule has 28 heavy (non-hydrogen) atoms. The van der Waals surface area contributed by atoms with Gasteiger partial charge in [-0.25, -0.2) is 4.98 Å². The first kappa shape index (κ1) is 20.3. The summed E-state index contributed by atoms with van der Waals surface area (Å²) in [5, 5.41) is 2.08. The molecule has 1 amide bonds. The van der Waals surface area contributed by atoms with Crippen molar-refractivity contribution in [3.8, 4) is 5.75 Å². The van der Waals surface area contributed by atoms with E-state index >= 15 is 0 Å². The number of ether oxygens (including phenoxy) is 2. The number of nitrogens with zero attached hydrogens (tertiary/aromatic N) is 1. The highest BCUT2D eigenvalue weighted by Gasteiger charge is 2.60. The number of carbonyl (C=O) groups is 1. The van der Waals surface area contributed by atoms with Crippen LogP contribution in [0.25, 0.3) is 0 Å². The van der Waals surface area contributed by atoms with Gasteiger partial charge in [0, 0.05) is 11.9 Å². The number of aromatic nitrogens is 1. The first-order valence-corrected chi connectivity index (χ1v) is 8.22. The van der Waals surface area contributed by atoms with Crippen LogP contribution in [0, 0.1) is 0 Å². The lowest BCUT2D eigenvalue weighted by Crippen LogP contribution is -2.34. The summed E-state index contributed by atoms with van der Waals surface area (Å²) in [7, 11) is 0. The van der Waals surface area contributed by atoms with Gasteiger partial charge in [0.15, 0.2) is 0 Å². The number of alkyl halides is 5. The van der Waals surface area contributed by atoms with E-state index < -0.39 is 29.3 Å². The van der Waals surface area contributed by atoms with Gasteiger partial charge in [-0.1, -0.05) is 11.6 Å². The van der Waals surface area contributed by atoms with Crippen LogP contribution >= 0.6 is 11.6 Å². The van der Waals surface area contributed by atoms with Crippen molar-refractivity contribution in [2.24, 2.45) is 0 Å². The molecule has 0 aliphatic carbocycles. The smallest absolute Gasteiger partial charge is 0.458 e. The first-order chi connectivity index (χ1) is 13.1. The summed E-state index contributed by atoms with van der Waals surface area (Å²) in [4.78, 5) is 15.9. The molecule has 1 aliphatic heterocycles. The molecule has 0 bridgehead atoms. The maximum absolute atomic E-state index is 14.0. The Morgan fingerprint density at radius 1 is 1.29 bits per heavy atom. The summed E-state index contributed by atoms with van der Waals surface area (Å²) in [6.45, 7) is 0.170. The van der Waals surface area contributed by atoms with Crippen molar-refractivity contribution in [3.05, 3.63) is 52.8 Å². The molecule has 3 rings (SSSR count). The van der Waals surface area contributed by atoms with Gasteiger partial charge >= 0.3 is 12.1 Å². The van der Waals surface area contributed by atoms with Gasteiger partial charge < -0.3 is 14.8 Å². The van der Waals surface area contributed by atoms with E-state index in [1.165, 1.54) is 18.3 Å². The van der Waals surface area contributed by atoms with Crippen LogP contribution in [0.4, 0.5) is 27.6 Å². The lowest BCUT2D eigenvalue weighted by atomic mass is 10.1. The molecular weight excluding hydrogens is 411 g/mol. The minimum atomic E-state index is -5.85. The molecule has 1 aliphatic rings. The van der Waals surface area contributed by atoms with Crippen molar-refractivity contribution in [1.29, 1.82) is 0 Å². The molecule has 1 N–H and O–H groups in total. The monoisotopic (exact) mass is 422 g/mol. The van der Waals surface area contributed by atoms with Crippen molar-refractivity contribution >= 4 is 23.2 Å². The normalized spacial score (nSPS) is 16.6. The van der Waals surface area contributed by atoms with Gasteiger partial charge in [-0.15, -0.1) is 0 Å². The number of hydrogen-bond acceptors (Lipinski definition) is 4. The molecule has 2 aromatic rings. The van der Waals surface area contributed by atoms with E-state index in [0.29, 0.717) is 12.7 Å². The lowest BCUT2D eigenvalue weighted by Gasteiger charge is -2.23. The van der Waals surface area contributed by atoms with Gasteiger partial charge in [0.25, 0.3) is 5.91 Å². The molecule has 11 heteroatoms. The second-order valence-electron chi connectivity index (χ2n) is 5.85. The number of nitrogens with one attached hydrogen (secondary N) is 1. The predicted octanol–water partition coefficient (Wildman–Crippen LogP) is 4.42. The third-order valence-corrected chi connectivity index (χ3v) is 4.06. The molecule has 0 unspecified atom stereocenters. The van der Waals surface area contributed by atoms with Crippen molar-refractivity contribution in [1.82, 2.24) is 4.98 Å². The summed E-state index contributed by atoms with van der Waals surface area (Å²) in [5.41, 5.74) is -1.78. The van der Waals surface area contributed by atoms with Gasteiger partial charge in [-0.2, -0.15) is 22.0 Å². The zero-order valence-corrected chi connectivity index (χ0v) is 14.7. The van der Waals surface area contributed by atoms with E-state index in [-0.39, 0.29) is 29.1 Å².